The maximum atomic E-state index is 11.9. The number of hydrogen-bond acceptors (Lipinski definition) is 4. The number of carbonyl (C=O) groups is 4. The van der Waals surface area contributed by atoms with Crippen LogP contribution in [0.5, 0.6) is 0 Å². The van der Waals surface area contributed by atoms with Gasteiger partial charge in [-0.05, 0) is 25.7 Å². The van der Waals surface area contributed by atoms with E-state index < -0.39 is 21.7 Å². The van der Waals surface area contributed by atoms with Gasteiger partial charge in [0.1, 0.15) is 0 Å². The summed E-state index contributed by atoms with van der Waals surface area (Å²) in [6.07, 6.45) is 6.42. The SMILES string of the molecule is CC1(C)CCCC(C)(C)C(=O)C1=O.CC1(C)CCCCC(C)(C)C(=O)C1=O. The molecule has 0 amide bonds. The molecule has 154 valence electrons. The predicted octanol–water partition coefficient (Wildman–Crippen LogP) is 5.11. The highest BCUT2D eigenvalue weighted by Crippen LogP contribution is 2.37. The minimum Gasteiger partial charge on any atom is -0.290 e. The average Bonchev–Trinajstić information content (AvgIpc) is 2.61. The van der Waals surface area contributed by atoms with Crippen LogP contribution in [-0.4, -0.2) is 23.1 Å². The van der Waals surface area contributed by atoms with Crippen LogP contribution < -0.4 is 0 Å². The molecule has 0 aromatic heterocycles. The van der Waals surface area contributed by atoms with E-state index in [4.69, 9.17) is 0 Å². The molecule has 27 heavy (non-hydrogen) atoms. The molecule has 2 aliphatic carbocycles. The Labute approximate surface area is 164 Å². The first-order valence-electron chi connectivity index (χ1n) is 10.2. The molecule has 2 saturated carbocycles. The van der Waals surface area contributed by atoms with Gasteiger partial charge in [0.25, 0.3) is 0 Å². The molecule has 2 fully saturated rings. The molecule has 2 aliphatic rings. The highest BCUT2D eigenvalue weighted by atomic mass is 16.2. The standard InChI is InChI=1S/C12H20O2.C11H18O2/c1-11(2)7-5-6-8-12(3,4)10(14)9(11)13;1-10(2)6-5-7-11(3,4)9(13)8(10)12/h5-8H2,1-4H3;5-7H2,1-4H3. The van der Waals surface area contributed by atoms with Gasteiger partial charge in [0.05, 0.1) is 0 Å². The molecule has 0 aliphatic heterocycles. The lowest BCUT2D eigenvalue weighted by atomic mass is 9.70. The van der Waals surface area contributed by atoms with Gasteiger partial charge in [0, 0.05) is 21.7 Å². The Morgan fingerprint density at radius 2 is 0.593 bits per heavy atom. The van der Waals surface area contributed by atoms with E-state index in [1.807, 2.05) is 55.4 Å². The van der Waals surface area contributed by atoms with Crippen LogP contribution in [-0.2, 0) is 19.2 Å². The van der Waals surface area contributed by atoms with Gasteiger partial charge in [-0.15, -0.1) is 0 Å². The van der Waals surface area contributed by atoms with Gasteiger partial charge in [-0.2, -0.15) is 0 Å². The van der Waals surface area contributed by atoms with Crippen molar-refractivity contribution in [2.75, 3.05) is 0 Å². The molecule has 0 saturated heterocycles. The van der Waals surface area contributed by atoms with E-state index in [0.717, 1.165) is 44.9 Å². The van der Waals surface area contributed by atoms with Gasteiger partial charge in [-0.25, -0.2) is 0 Å². The first-order valence-corrected chi connectivity index (χ1v) is 10.2. The topological polar surface area (TPSA) is 68.3 Å². The van der Waals surface area contributed by atoms with Crippen molar-refractivity contribution in [1.29, 1.82) is 0 Å². The first-order chi connectivity index (χ1) is 12.0. The Hall–Kier alpha value is -1.32. The molecule has 0 unspecified atom stereocenters. The molecule has 0 aromatic carbocycles. The third kappa shape index (κ3) is 5.58. The second-order valence-corrected chi connectivity index (χ2v) is 10.9. The number of hydrogen-bond donors (Lipinski definition) is 0. The summed E-state index contributed by atoms with van der Waals surface area (Å²) in [6.45, 7) is 15.0. The van der Waals surface area contributed by atoms with Crippen molar-refractivity contribution >= 4 is 23.1 Å². The average molecular weight is 379 g/mol. The number of carbonyl (C=O) groups excluding carboxylic acids is 4. The summed E-state index contributed by atoms with van der Waals surface area (Å²) in [5.41, 5.74) is -1.78. The van der Waals surface area contributed by atoms with E-state index in [9.17, 15) is 19.2 Å². The summed E-state index contributed by atoms with van der Waals surface area (Å²) >= 11 is 0. The van der Waals surface area contributed by atoms with Gasteiger partial charge in [0.2, 0.25) is 23.1 Å². The van der Waals surface area contributed by atoms with Crippen molar-refractivity contribution < 1.29 is 19.2 Å². The number of rotatable bonds is 0. The van der Waals surface area contributed by atoms with Crippen molar-refractivity contribution in [2.24, 2.45) is 21.7 Å². The normalized spacial score (nSPS) is 27.0. The maximum absolute atomic E-state index is 11.9. The summed E-state index contributed by atoms with van der Waals surface area (Å²) in [5.74, 6) is -0.727. The van der Waals surface area contributed by atoms with Gasteiger partial charge in [-0.3, -0.25) is 19.2 Å². The zero-order valence-corrected chi connectivity index (χ0v) is 18.6. The van der Waals surface area contributed by atoms with E-state index in [-0.39, 0.29) is 23.1 Å². The molecule has 0 heterocycles. The van der Waals surface area contributed by atoms with E-state index in [1.165, 1.54) is 0 Å². The molecule has 0 N–H and O–H groups in total. The van der Waals surface area contributed by atoms with Crippen LogP contribution in [0.25, 0.3) is 0 Å². The van der Waals surface area contributed by atoms with Crippen molar-refractivity contribution in [3.63, 3.8) is 0 Å². The largest absolute Gasteiger partial charge is 0.290 e. The molecular formula is C23H38O4. The van der Waals surface area contributed by atoms with Crippen LogP contribution in [0.1, 0.15) is 100 Å². The molecule has 0 aromatic rings. The summed E-state index contributed by atoms with van der Waals surface area (Å²) < 4.78 is 0. The third-order valence-electron chi connectivity index (χ3n) is 6.33. The van der Waals surface area contributed by atoms with E-state index in [2.05, 4.69) is 0 Å². The fourth-order valence-electron chi connectivity index (χ4n) is 3.79. The van der Waals surface area contributed by atoms with Gasteiger partial charge in [-0.1, -0.05) is 74.7 Å². The lowest BCUT2D eigenvalue weighted by molar-refractivity contribution is -0.147. The molecule has 4 heteroatoms. The number of ketones is 4. The lowest BCUT2D eigenvalue weighted by Crippen LogP contribution is -2.41. The molecule has 0 atom stereocenters. The van der Waals surface area contributed by atoms with Crippen LogP contribution >= 0.6 is 0 Å². The summed E-state index contributed by atoms with van der Waals surface area (Å²) in [5, 5.41) is 0. The van der Waals surface area contributed by atoms with Crippen LogP contribution in [0, 0.1) is 21.7 Å². The second-order valence-electron chi connectivity index (χ2n) is 10.9. The third-order valence-corrected chi connectivity index (χ3v) is 6.33. The minimum atomic E-state index is -0.450. The van der Waals surface area contributed by atoms with Crippen molar-refractivity contribution in [3.05, 3.63) is 0 Å². The molecule has 0 spiro atoms. The van der Waals surface area contributed by atoms with Crippen molar-refractivity contribution in [1.82, 2.24) is 0 Å². The van der Waals surface area contributed by atoms with Crippen molar-refractivity contribution in [2.45, 2.75) is 100 Å². The van der Waals surface area contributed by atoms with Gasteiger partial charge < -0.3 is 0 Å². The fraction of sp³-hybridized carbons (Fsp3) is 0.826. The summed E-state index contributed by atoms with van der Waals surface area (Å²) in [4.78, 5) is 47.2. The molecule has 4 nitrogen and oxygen atoms in total. The Kier molecular flexibility index (Phi) is 7.00. The zero-order valence-electron chi connectivity index (χ0n) is 18.6. The fourth-order valence-corrected chi connectivity index (χ4v) is 3.79. The van der Waals surface area contributed by atoms with Crippen LogP contribution in [0.15, 0.2) is 0 Å². The first kappa shape index (κ1) is 23.7. The van der Waals surface area contributed by atoms with Gasteiger partial charge >= 0.3 is 0 Å². The Morgan fingerprint density at radius 3 is 0.815 bits per heavy atom. The lowest BCUT2D eigenvalue weighted by Gasteiger charge is -2.31. The number of Topliss-reactive ketones (excluding diaryl/α,β-unsaturated/α-hetero) is 4. The Bertz CT molecular complexity index is 566. The molecular weight excluding hydrogens is 340 g/mol. The smallest absolute Gasteiger partial charge is 0.204 e. The highest BCUT2D eigenvalue weighted by molar-refractivity contribution is 6.41. The van der Waals surface area contributed by atoms with E-state index in [1.54, 1.807) is 0 Å². The van der Waals surface area contributed by atoms with Crippen LogP contribution in [0.4, 0.5) is 0 Å². The van der Waals surface area contributed by atoms with E-state index in [0.29, 0.717) is 0 Å². The Morgan fingerprint density at radius 1 is 0.407 bits per heavy atom. The predicted molar refractivity (Wildman–Crippen MR) is 107 cm³/mol. The minimum absolute atomic E-state index is 0.179. The highest BCUT2D eigenvalue weighted by Gasteiger charge is 2.43. The van der Waals surface area contributed by atoms with E-state index >= 15 is 0 Å². The summed E-state index contributed by atoms with van der Waals surface area (Å²) in [6, 6.07) is 0. The monoisotopic (exact) mass is 378 g/mol. The quantitative estimate of drug-likeness (QED) is 0.434. The van der Waals surface area contributed by atoms with Crippen molar-refractivity contribution in [3.8, 4) is 0 Å². The second kappa shape index (κ2) is 7.97. The molecule has 2 rings (SSSR count). The summed E-state index contributed by atoms with van der Waals surface area (Å²) in [7, 11) is 0. The van der Waals surface area contributed by atoms with Gasteiger partial charge in [0.15, 0.2) is 0 Å². The zero-order chi connectivity index (χ0) is 21.3. The maximum Gasteiger partial charge on any atom is 0.204 e. The molecule has 0 radical (unpaired) electrons. The van der Waals surface area contributed by atoms with Crippen LogP contribution in [0.2, 0.25) is 0 Å². The molecule has 0 bridgehead atoms. The Balaban J connectivity index is 0.000000271. The van der Waals surface area contributed by atoms with Crippen LogP contribution in [0.3, 0.4) is 0 Å².